The number of likely N-dealkylation sites (tertiary alicyclic amines) is 1. The molecule has 2 aliphatic rings. The van der Waals surface area contributed by atoms with Gasteiger partial charge in [-0.1, -0.05) is 0 Å². The number of ether oxygens (including phenoxy) is 1. The molecule has 1 atom stereocenters. The van der Waals surface area contributed by atoms with Crippen LogP contribution in [0.1, 0.15) is 43.7 Å². The van der Waals surface area contributed by atoms with Crippen molar-refractivity contribution in [3.8, 4) is 6.01 Å². The second kappa shape index (κ2) is 6.66. The fraction of sp³-hybridized carbons (Fsp3) is 0.733. The third-order valence-corrected chi connectivity index (χ3v) is 4.48. The van der Waals surface area contributed by atoms with Crippen molar-refractivity contribution in [1.29, 1.82) is 0 Å². The number of hydrogen-bond donors (Lipinski definition) is 1. The normalized spacial score (nSPS) is 22.8. The van der Waals surface area contributed by atoms with E-state index in [0.29, 0.717) is 25.4 Å². The molecule has 1 aromatic heterocycles. The molecule has 1 saturated carbocycles. The second-order valence-electron chi connectivity index (χ2n) is 5.93. The maximum atomic E-state index is 13.2. The quantitative estimate of drug-likeness (QED) is 0.897. The molecule has 1 unspecified atom stereocenters. The highest BCUT2D eigenvalue weighted by Gasteiger charge is 2.26. The van der Waals surface area contributed by atoms with Gasteiger partial charge in [-0.3, -0.25) is 4.90 Å². The monoisotopic (exact) mass is 294 g/mol. The van der Waals surface area contributed by atoms with Gasteiger partial charge in [-0.05, 0) is 32.1 Å². The predicted octanol–water partition coefficient (Wildman–Crippen LogP) is 1.84. The van der Waals surface area contributed by atoms with Crippen LogP contribution in [0, 0.1) is 0 Å². The maximum absolute atomic E-state index is 13.2. The highest BCUT2D eigenvalue weighted by molar-refractivity contribution is 5.14. The molecule has 2 heterocycles. The Morgan fingerprint density at radius 1 is 1.24 bits per heavy atom. The molecule has 21 heavy (non-hydrogen) atoms. The van der Waals surface area contributed by atoms with Crippen molar-refractivity contribution in [3.05, 3.63) is 18.0 Å². The number of rotatable bonds is 5. The molecule has 1 aliphatic heterocycles. The molecule has 3 rings (SSSR count). The number of halogens is 1. The number of aromatic nitrogens is 2. The average Bonchev–Trinajstić information content (AvgIpc) is 2.47. The van der Waals surface area contributed by atoms with Gasteiger partial charge in [0.25, 0.3) is 0 Å². The molecule has 0 radical (unpaired) electrons. The van der Waals surface area contributed by atoms with Crippen LogP contribution in [0.2, 0.25) is 0 Å². The van der Waals surface area contributed by atoms with Gasteiger partial charge >= 0.3 is 6.01 Å². The summed E-state index contributed by atoms with van der Waals surface area (Å²) >= 11 is 0. The van der Waals surface area contributed by atoms with Crippen molar-refractivity contribution in [1.82, 2.24) is 14.9 Å². The van der Waals surface area contributed by atoms with Gasteiger partial charge in [0.2, 0.25) is 0 Å². The molecule has 5 nitrogen and oxygen atoms in total. The maximum Gasteiger partial charge on any atom is 0.316 e. The summed E-state index contributed by atoms with van der Waals surface area (Å²) in [6.07, 6.45) is 7.77. The van der Waals surface area contributed by atoms with Gasteiger partial charge in [0.15, 0.2) is 0 Å². The smallest absolute Gasteiger partial charge is 0.316 e. The van der Waals surface area contributed by atoms with E-state index >= 15 is 0 Å². The summed E-state index contributed by atoms with van der Waals surface area (Å²) in [6, 6.07) is 0.511. The summed E-state index contributed by atoms with van der Waals surface area (Å²) in [5.74, 6) is 0. The molecule has 0 amide bonds. The Balaban J connectivity index is 1.63. The van der Waals surface area contributed by atoms with Crippen LogP contribution in [-0.2, 0) is 0 Å². The van der Waals surface area contributed by atoms with Crippen molar-refractivity contribution < 1.29 is 9.13 Å². The summed E-state index contributed by atoms with van der Waals surface area (Å²) in [7, 11) is 0. The van der Waals surface area contributed by atoms with Gasteiger partial charge in [-0.15, -0.1) is 0 Å². The van der Waals surface area contributed by atoms with Crippen molar-refractivity contribution in [2.24, 2.45) is 5.73 Å². The molecule has 1 saturated heterocycles. The van der Waals surface area contributed by atoms with Crippen LogP contribution in [-0.4, -0.2) is 46.8 Å². The molecule has 1 aliphatic carbocycles. The summed E-state index contributed by atoms with van der Waals surface area (Å²) in [5, 5.41) is 0. The Hall–Kier alpha value is -1.27. The Morgan fingerprint density at radius 2 is 1.90 bits per heavy atom. The molecule has 1 aromatic rings. The van der Waals surface area contributed by atoms with E-state index in [9.17, 15) is 4.39 Å². The predicted molar refractivity (Wildman–Crippen MR) is 77.8 cm³/mol. The summed E-state index contributed by atoms with van der Waals surface area (Å²) in [4.78, 5) is 10.8. The van der Waals surface area contributed by atoms with E-state index < -0.39 is 6.17 Å². The van der Waals surface area contributed by atoms with Crippen LogP contribution >= 0.6 is 0 Å². The van der Waals surface area contributed by atoms with Crippen molar-refractivity contribution >= 4 is 0 Å². The van der Waals surface area contributed by atoms with Gasteiger partial charge in [0.1, 0.15) is 12.3 Å². The topological polar surface area (TPSA) is 64.3 Å². The van der Waals surface area contributed by atoms with Gasteiger partial charge in [0.05, 0.1) is 6.04 Å². The minimum absolute atomic E-state index is 0.0650. The van der Waals surface area contributed by atoms with Gasteiger partial charge < -0.3 is 10.5 Å². The number of piperidine rings is 1. The van der Waals surface area contributed by atoms with E-state index in [1.165, 1.54) is 6.42 Å². The first-order valence-electron chi connectivity index (χ1n) is 7.83. The van der Waals surface area contributed by atoms with Gasteiger partial charge in [-0.2, -0.15) is 0 Å². The molecular weight excluding hydrogens is 271 g/mol. The van der Waals surface area contributed by atoms with Crippen molar-refractivity contribution in [2.45, 2.75) is 50.4 Å². The Kier molecular flexibility index (Phi) is 4.65. The molecule has 2 fully saturated rings. The second-order valence-corrected chi connectivity index (χ2v) is 5.93. The Bertz CT molecular complexity index is 443. The number of nitrogens with zero attached hydrogens (tertiary/aromatic N) is 3. The largest absolute Gasteiger partial charge is 0.460 e. The van der Waals surface area contributed by atoms with Crippen LogP contribution in [0.15, 0.2) is 12.4 Å². The van der Waals surface area contributed by atoms with E-state index in [-0.39, 0.29) is 12.1 Å². The summed E-state index contributed by atoms with van der Waals surface area (Å²) in [5.41, 5.74) is 6.88. The Morgan fingerprint density at radius 3 is 2.43 bits per heavy atom. The van der Waals surface area contributed by atoms with Crippen LogP contribution in [0.3, 0.4) is 0 Å². The lowest BCUT2D eigenvalue weighted by atomic mass is 9.96. The van der Waals surface area contributed by atoms with Gasteiger partial charge in [0, 0.05) is 37.6 Å². The van der Waals surface area contributed by atoms with Gasteiger partial charge in [-0.25, -0.2) is 14.4 Å². The first-order chi connectivity index (χ1) is 10.3. The zero-order valence-electron chi connectivity index (χ0n) is 12.2. The minimum Gasteiger partial charge on any atom is -0.460 e. The summed E-state index contributed by atoms with van der Waals surface area (Å²) < 4.78 is 18.9. The lowest BCUT2D eigenvalue weighted by Crippen LogP contribution is -2.40. The number of hydrogen-bond acceptors (Lipinski definition) is 5. The van der Waals surface area contributed by atoms with E-state index in [2.05, 4.69) is 14.9 Å². The van der Waals surface area contributed by atoms with E-state index in [1.807, 2.05) is 0 Å². The number of nitrogens with two attached hydrogens (primary N) is 1. The van der Waals surface area contributed by atoms with Crippen LogP contribution in [0.5, 0.6) is 6.01 Å². The first kappa shape index (κ1) is 14.7. The fourth-order valence-electron chi connectivity index (χ4n) is 2.87. The highest BCUT2D eigenvalue weighted by Crippen LogP contribution is 2.26. The van der Waals surface area contributed by atoms with Crippen molar-refractivity contribution in [2.75, 3.05) is 19.6 Å². The van der Waals surface area contributed by atoms with E-state index in [0.717, 1.165) is 31.5 Å². The third kappa shape index (κ3) is 3.49. The molecule has 6 heteroatoms. The molecule has 2 N–H and O–H groups in total. The van der Waals surface area contributed by atoms with Crippen LogP contribution in [0.4, 0.5) is 4.39 Å². The zero-order valence-corrected chi connectivity index (χ0v) is 12.2. The lowest BCUT2D eigenvalue weighted by molar-refractivity contribution is 0.106. The zero-order chi connectivity index (χ0) is 14.7. The van der Waals surface area contributed by atoms with E-state index in [1.54, 1.807) is 12.4 Å². The summed E-state index contributed by atoms with van der Waals surface area (Å²) in [6.45, 7) is 1.97. The van der Waals surface area contributed by atoms with E-state index in [4.69, 9.17) is 10.5 Å². The average molecular weight is 294 g/mol. The number of alkyl halides is 1. The standard InChI is InChI=1S/C15H23FN4O/c16-12-4-6-20(7-5-12)14(8-17)11-9-18-15(19-10-11)21-13-2-1-3-13/h9-10,12-14H,1-8,17H2. The molecule has 0 spiro atoms. The van der Waals surface area contributed by atoms with Crippen LogP contribution in [0.25, 0.3) is 0 Å². The first-order valence-corrected chi connectivity index (χ1v) is 7.83. The Labute approximate surface area is 124 Å². The molecule has 0 bridgehead atoms. The van der Waals surface area contributed by atoms with Crippen LogP contribution < -0.4 is 10.5 Å². The SMILES string of the molecule is NCC(c1cnc(OC2CCC2)nc1)N1CCC(F)CC1. The van der Waals surface area contributed by atoms with Crippen molar-refractivity contribution in [3.63, 3.8) is 0 Å². The fourth-order valence-corrected chi connectivity index (χ4v) is 2.87. The lowest BCUT2D eigenvalue weighted by Gasteiger charge is -2.35. The minimum atomic E-state index is -0.672. The molecule has 0 aromatic carbocycles. The third-order valence-electron chi connectivity index (χ3n) is 4.48. The molecular formula is C15H23FN4O. The highest BCUT2D eigenvalue weighted by atomic mass is 19.1. The molecule has 116 valence electrons.